The van der Waals surface area contributed by atoms with Crippen molar-refractivity contribution < 1.29 is 9.53 Å². The predicted molar refractivity (Wildman–Crippen MR) is 89.8 cm³/mol. The average Bonchev–Trinajstić information content (AvgIpc) is 3.30. The third-order valence-corrected chi connectivity index (χ3v) is 5.49. The zero-order valence-electron chi connectivity index (χ0n) is 14.7. The number of carbonyl (C=O) groups is 1. The molecule has 1 aliphatic carbocycles. The molecule has 0 aromatic heterocycles. The number of piperidine rings is 1. The fourth-order valence-corrected chi connectivity index (χ4v) is 3.52. The van der Waals surface area contributed by atoms with E-state index < -0.39 is 0 Å². The smallest absolute Gasteiger partial charge is 0.226 e. The van der Waals surface area contributed by atoms with Crippen molar-refractivity contribution in [2.45, 2.75) is 65.3 Å². The van der Waals surface area contributed by atoms with Crippen LogP contribution in [-0.2, 0) is 9.53 Å². The molecule has 22 heavy (non-hydrogen) atoms. The van der Waals surface area contributed by atoms with Gasteiger partial charge in [0.1, 0.15) is 0 Å². The Balaban J connectivity index is 1.60. The van der Waals surface area contributed by atoms with E-state index in [4.69, 9.17) is 4.74 Å². The van der Waals surface area contributed by atoms with E-state index in [1.165, 1.54) is 13.0 Å². The highest BCUT2D eigenvalue weighted by molar-refractivity contribution is 5.85. The molecule has 2 fully saturated rings. The van der Waals surface area contributed by atoms with E-state index in [9.17, 15) is 4.79 Å². The van der Waals surface area contributed by atoms with Gasteiger partial charge in [-0.15, -0.1) is 0 Å². The fraction of sp³-hybridized carbons (Fsp3) is 0.944. The largest absolute Gasteiger partial charge is 0.382 e. The summed E-state index contributed by atoms with van der Waals surface area (Å²) in [5, 5.41) is 3.32. The number of amides is 1. The monoisotopic (exact) mass is 310 g/mol. The zero-order chi connectivity index (χ0) is 16.0. The van der Waals surface area contributed by atoms with Gasteiger partial charge in [0.05, 0.1) is 5.41 Å². The van der Waals surface area contributed by atoms with Crippen LogP contribution in [-0.4, -0.2) is 49.7 Å². The molecule has 1 aliphatic heterocycles. The van der Waals surface area contributed by atoms with Crippen LogP contribution >= 0.6 is 0 Å². The van der Waals surface area contributed by atoms with Crippen molar-refractivity contribution in [1.82, 2.24) is 10.2 Å². The van der Waals surface area contributed by atoms with E-state index in [0.717, 1.165) is 58.4 Å². The molecule has 1 saturated heterocycles. The number of nitrogens with zero attached hydrogens (tertiary/aromatic N) is 1. The van der Waals surface area contributed by atoms with E-state index in [1.807, 2.05) is 6.92 Å². The predicted octanol–water partition coefficient (Wildman–Crippen LogP) is 2.82. The first kappa shape index (κ1) is 17.7. The highest BCUT2D eigenvalue weighted by Gasteiger charge is 2.52. The van der Waals surface area contributed by atoms with Crippen LogP contribution in [0.1, 0.15) is 59.3 Å². The second-order valence-electron chi connectivity index (χ2n) is 7.30. The lowest BCUT2D eigenvalue weighted by Gasteiger charge is -2.33. The second-order valence-corrected chi connectivity index (χ2v) is 7.30. The molecule has 0 bridgehead atoms. The number of hydrogen-bond acceptors (Lipinski definition) is 3. The van der Waals surface area contributed by atoms with Crippen LogP contribution in [0.4, 0.5) is 0 Å². The molecule has 1 N–H and O–H groups in total. The Morgan fingerprint density at radius 3 is 2.50 bits per heavy atom. The Kier molecular flexibility index (Phi) is 6.69. The van der Waals surface area contributed by atoms with Crippen LogP contribution in [0.25, 0.3) is 0 Å². The van der Waals surface area contributed by atoms with Gasteiger partial charge < -0.3 is 15.0 Å². The number of nitrogens with one attached hydrogen (secondary N) is 1. The molecule has 0 aromatic rings. The van der Waals surface area contributed by atoms with Gasteiger partial charge in [-0.25, -0.2) is 0 Å². The Bertz CT molecular complexity index is 345. The maximum atomic E-state index is 12.5. The Morgan fingerprint density at radius 2 is 1.95 bits per heavy atom. The summed E-state index contributed by atoms with van der Waals surface area (Å²) in [4.78, 5) is 15.0. The minimum atomic E-state index is -0.0313. The lowest BCUT2D eigenvalue weighted by molar-refractivity contribution is -0.128. The molecule has 2 rings (SSSR count). The maximum absolute atomic E-state index is 12.5. The third-order valence-electron chi connectivity index (χ3n) is 5.49. The number of likely N-dealkylation sites (tertiary alicyclic amines) is 1. The summed E-state index contributed by atoms with van der Waals surface area (Å²) in [7, 11) is 0. The topological polar surface area (TPSA) is 41.6 Å². The van der Waals surface area contributed by atoms with Gasteiger partial charge in [0, 0.05) is 32.3 Å². The number of hydrogen-bond donors (Lipinski definition) is 1. The van der Waals surface area contributed by atoms with Crippen molar-refractivity contribution in [1.29, 1.82) is 0 Å². The molecule has 0 radical (unpaired) electrons. The maximum Gasteiger partial charge on any atom is 0.226 e. The standard InChI is InChI=1S/C18H34N2O2/c1-4-22-14-6-5-11-20-12-7-16(8-13-20)19-17(21)18(9-10-18)15(2)3/h15-16H,4-14H2,1-3H3,(H,19,21). The number of carbonyl (C=O) groups excluding carboxylic acids is 1. The average molecular weight is 310 g/mol. The highest BCUT2D eigenvalue weighted by atomic mass is 16.5. The Hall–Kier alpha value is -0.610. The third kappa shape index (κ3) is 4.69. The van der Waals surface area contributed by atoms with Crippen molar-refractivity contribution in [3.8, 4) is 0 Å². The number of ether oxygens (including phenoxy) is 1. The lowest BCUT2D eigenvalue weighted by Crippen LogP contribution is -2.47. The number of rotatable bonds is 9. The van der Waals surface area contributed by atoms with Gasteiger partial charge >= 0.3 is 0 Å². The van der Waals surface area contributed by atoms with E-state index >= 15 is 0 Å². The van der Waals surface area contributed by atoms with Crippen molar-refractivity contribution in [3.05, 3.63) is 0 Å². The van der Waals surface area contributed by atoms with Crippen molar-refractivity contribution in [3.63, 3.8) is 0 Å². The summed E-state index contributed by atoms with van der Waals surface area (Å²) in [6, 6.07) is 0.392. The molecule has 0 unspecified atom stereocenters. The zero-order valence-corrected chi connectivity index (χ0v) is 14.7. The quantitative estimate of drug-likeness (QED) is 0.666. The van der Waals surface area contributed by atoms with Crippen LogP contribution in [0, 0.1) is 11.3 Å². The molecular formula is C18H34N2O2. The van der Waals surface area contributed by atoms with Crippen LogP contribution in [0.2, 0.25) is 0 Å². The highest BCUT2D eigenvalue weighted by Crippen LogP contribution is 2.52. The van der Waals surface area contributed by atoms with Gasteiger partial charge in [0.2, 0.25) is 5.91 Å². The van der Waals surface area contributed by atoms with Gasteiger partial charge in [0.15, 0.2) is 0 Å². The van der Waals surface area contributed by atoms with Crippen LogP contribution in [0.5, 0.6) is 0 Å². The molecule has 0 spiro atoms. The van der Waals surface area contributed by atoms with Crippen LogP contribution in [0.3, 0.4) is 0 Å². The fourth-order valence-electron chi connectivity index (χ4n) is 3.52. The Morgan fingerprint density at radius 1 is 1.27 bits per heavy atom. The molecule has 0 aromatic carbocycles. The molecule has 4 heteroatoms. The molecule has 0 atom stereocenters. The Labute approximate surface area is 136 Å². The molecule has 128 valence electrons. The van der Waals surface area contributed by atoms with Crippen molar-refractivity contribution in [2.24, 2.45) is 11.3 Å². The first-order valence-electron chi connectivity index (χ1n) is 9.19. The molecule has 1 saturated carbocycles. The minimum absolute atomic E-state index is 0.0313. The van der Waals surface area contributed by atoms with E-state index in [0.29, 0.717) is 17.9 Å². The summed E-state index contributed by atoms with van der Waals surface area (Å²) >= 11 is 0. The second kappa shape index (κ2) is 8.30. The molecule has 1 amide bonds. The summed E-state index contributed by atoms with van der Waals surface area (Å²) in [5.74, 6) is 0.788. The van der Waals surface area contributed by atoms with E-state index in [2.05, 4.69) is 24.1 Å². The molecule has 2 aliphatic rings. The first-order valence-corrected chi connectivity index (χ1v) is 9.19. The van der Waals surface area contributed by atoms with Gasteiger partial charge in [0.25, 0.3) is 0 Å². The summed E-state index contributed by atoms with van der Waals surface area (Å²) in [5.41, 5.74) is -0.0313. The van der Waals surface area contributed by atoms with Crippen molar-refractivity contribution in [2.75, 3.05) is 32.8 Å². The van der Waals surface area contributed by atoms with E-state index in [1.54, 1.807) is 0 Å². The summed E-state index contributed by atoms with van der Waals surface area (Å²) in [6.45, 7) is 11.5. The van der Waals surface area contributed by atoms with Crippen LogP contribution < -0.4 is 5.32 Å². The first-order chi connectivity index (χ1) is 10.6. The molecule has 4 nitrogen and oxygen atoms in total. The summed E-state index contributed by atoms with van der Waals surface area (Å²) < 4.78 is 5.37. The van der Waals surface area contributed by atoms with E-state index in [-0.39, 0.29) is 5.41 Å². The van der Waals surface area contributed by atoms with Crippen molar-refractivity contribution >= 4 is 5.91 Å². The van der Waals surface area contributed by atoms with Gasteiger partial charge in [-0.1, -0.05) is 13.8 Å². The molecular weight excluding hydrogens is 276 g/mol. The SMILES string of the molecule is CCOCCCCN1CCC(NC(=O)C2(C(C)C)CC2)CC1. The van der Waals surface area contributed by atoms with Crippen LogP contribution in [0.15, 0.2) is 0 Å². The van der Waals surface area contributed by atoms with Gasteiger partial charge in [-0.3, -0.25) is 4.79 Å². The van der Waals surface area contributed by atoms with Gasteiger partial charge in [-0.05, 0) is 57.9 Å². The normalized spacial score (nSPS) is 22.0. The lowest BCUT2D eigenvalue weighted by atomic mass is 9.90. The number of unbranched alkanes of at least 4 members (excludes halogenated alkanes) is 1. The molecule has 1 heterocycles. The summed E-state index contributed by atoms with van der Waals surface area (Å²) in [6.07, 6.45) is 6.73. The minimum Gasteiger partial charge on any atom is -0.382 e. The van der Waals surface area contributed by atoms with Gasteiger partial charge in [-0.2, -0.15) is 0 Å².